The molecule has 0 radical (unpaired) electrons. The van der Waals surface area contributed by atoms with E-state index in [0.29, 0.717) is 16.1 Å². The molecular formula is C21H18ClFN2O4S. The molecular weight excluding hydrogens is 431 g/mol. The van der Waals surface area contributed by atoms with Crippen molar-refractivity contribution < 1.29 is 22.7 Å². The lowest BCUT2D eigenvalue weighted by Gasteiger charge is -2.18. The van der Waals surface area contributed by atoms with Gasteiger partial charge in [-0.25, -0.2) is 12.8 Å². The number of hydrogen-bond donors (Lipinski definition) is 2. The van der Waals surface area contributed by atoms with Crippen LogP contribution in [0, 0.1) is 12.7 Å². The van der Waals surface area contributed by atoms with E-state index in [2.05, 4.69) is 9.71 Å². The summed E-state index contributed by atoms with van der Waals surface area (Å²) in [6.07, 6.45) is 2.64. The van der Waals surface area contributed by atoms with Crippen molar-refractivity contribution in [3.05, 3.63) is 76.8 Å². The smallest absolute Gasteiger partial charge is 0.310 e. The molecule has 30 heavy (non-hydrogen) atoms. The van der Waals surface area contributed by atoms with Crippen LogP contribution in [0.5, 0.6) is 0 Å². The standard InChI is InChI=1S/C21H18ClFN2O4S/c1-12-8-16(11-24-10-12)30(28,29)25-20-18(14-4-3-5-15(22)9-14)7-6-17(19(20)23)13(2)21(26)27/h3-11,13,25H,1-2H3,(H,26,27). The fourth-order valence-electron chi connectivity index (χ4n) is 2.92. The molecule has 2 aromatic carbocycles. The lowest BCUT2D eigenvalue weighted by Crippen LogP contribution is -2.17. The number of carboxylic acid groups (broad SMARTS) is 1. The normalized spacial score (nSPS) is 12.4. The van der Waals surface area contributed by atoms with Crippen molar-refractivity contribution in [2.45, 2.75) is 24.7 Å². The summed E-state index contributed by atoms with van der Waals surface area (Å²) in [5.41, 5.74) is 0.802. The highest BCUT2D eigenvalue weighted by Crippen LogP contribution is 2.37. The zero-order valence-electron chi connectivity index (χ0n) is 16.1. The quantitative estimate of drug-likeness (QED) is 0.562. The molecule has 0 aliphatic carbocycles. The van der Waals surface area contributed by atoms with Crippen LogP contribution in [-0.2, 0) is 14.8 Å². The van der Waals surface area contributed by atoms with E-state index in [1.54, 1.807) is 31.2 Å². The Morgan fingerprint density at radius 1 is 1.20 bits per heavy atom. The number of pyridine rings is 1. The van der Waals surface area contributed by atoms with Gasteiger partial charge in [0, 0.05) is 28.5 Å². The number of nitrogens with one attached hydrogen (secondary N) is 1. The zero-order chi connectivity index (χ0) is 22.1. The molecule has 0 fully saturated rings. The lowest BCUT2D eigenvalue weighted by atomic mass is 9.95. The Morgan fingerprint density at radius 3 is 2.57 bits per heavy atom. The van der Waals surface area contributed by atoms with Crippen LogP contribution in [0.25, 0.3) is 11.1 Å². The van der Waals surface area contributed by atoms with Crippen LogP contribution in [-0.4, -0.2) is 24.5 Å². The largest absolute Gasteiger partial charge is 0.481 e. The van der Waals surface area contributed by atoms with Crippen LogP contribution in [0.15, 0.2) is 59.8 Å². The number of carbonyl (C=O) groups is 1. The number of aromatic nitrogens is 1. The average Bonchev–Trinajstić information content (AvgIpc) is 2.68. The zero-order valence-corrected chi connectivity index (χ0v) is 17.6. The van der Waals surface area contributed by atoms with Gasteiger partial charge >= 0.3 is 5.97 Å². The third kappa shape index (κ3) is 4.44. The fourth-order valence-corrected chi connectivity index (χ4v) is 4.24. The maximum absolute atomic E-state index is 15.4. The van der Waals surface area contributed by atoms with Gasteiger partial charge in [0.25, 0.3) is 10.0 Å². The summed E-state index contributed by atoms with van der Waals surface area (Å²) < 4.78 is 43.5. The molecule has 1 aromatic heterocycles. The topological polar surface area (TPSA) is 96.4 Å². The van der Waals surface area contributed by atoms with Crippen molar-refractivity contribution in [2.75, 3.05) is 4.72 Å². The Hall–Kier alpha value is -2.97. The molecule has 2 N–H and O–H groups in total. The number of rotatable bonds is 6. The van der Waals surface area contributed by atoms with E-state index in [0.717, 1.165) is 6.20 Å². The molecule has 0 spiro atoms. The molecule has 9 heteroatoms. The van der Waals surface area contributed by atoms with Gasteiger partial charge in [0.2, 0.25) is 0 Å². The van der Waals surface area contributed by atoms with Crippen molar-refractivity contribution in [1.82, 2.24) is 4.98 Å². The number of aryl methyl sites for hydroxylation is 1. The number of carboxylic acids is 1. The van der Waals surface area contributed by atoms with E-state index in [1.807, 2.05) is 0 Å². The number of anilines is 1. The molecule has 1 atom stereocenters. The molecule has 3 aromatic rings. The van der Waals surface area contributed by atoms with Crippen LogP contribution in [0.1, 0.15) is 24.0 Å². The predicted octanol–water partition coefficient (Wildman–Crippen LogP) is 4.84. The summed E-state index contributed by atoms with van der Waals surface area (Å²) in [4.78, 5) is 15.1. The first-order valence-corrected chi connectivity index (χ1v) is 10.7. The second kappa shape index (κ2) is 8.41. The van der Waals surface area contributed by atoms with Gasteiger partial charge in [-0.15, -0.1) is 0 Å². The minimum Gasteiger partial charge on any atom is -0.481 e. The number of halogens is 2. The third-order valence-corrected chi connectivity index (χ3v) is 6.09. The molecule has 0 bridgehead atoms. The monoisotopic (exact) mass is 448 g/mol. The number of sulfonamides is 1. The number of nitrogens with zero attached hydrogens (tertiary/aromatic N) is 1. The Balaban J connectivity index is 2.21. The minimum absolute atomic E-state index is 0.143. The van der Waals surface area contributed by atoms with Crippen LogP contribution in [0.2, 0.25) is 5.02 Å². The van der Waals surface area contributed by atoms with Gasteiger partial charge in [-0.1, -0.05) is 35.9 Å². The van der Waals surface area contributed by atoms with Crippen LogP contribution in [0.4, 0.5) is 10.1 Å². The van der Waals surface area contributed by atoms with Crippen molar-refractivity contribution in [1.29, 1.82) is 0 Å². The third-order valence-electron chi connectivity index (χ3n) is 4.54. The SMILES string of the molecule is Cc1cncc(S(=O)(=O)Nc2c(-c3cccc(Cl)c3)ccc(C(C)C(=O)O)c2F)c1. The van der Waals surface area contributed by atoms with E-state index in [4.69, 9.17) is 11.6 Å². The molecule has 0 aliphatic rings. The molecule has 1 unspecified atom stereocenters. The van der Waals surface area contributed by atoms with E-state index in [1.165, 1.54) is 31.3 Å². The first-order valence-electron chi connectivity index (χ1n) is 8.86. The van der Waals surface area contributed by atoms with E-state index in [-0.39, 0.29) is 21.7 Å². The van der Waals surface area contributed by atoms with Crippen LogP contribution in [0.3, 0.4) is 0 Å². The summed E-state index contributed by atoms with van der Waals surface area (Å²) in [6.45, 7) is 3.00. The number of aliphatic carboxylic acids is 1. The summed E-state index contributed by atoms with van der Waals surface area (Å²) in [5.74, 6) is -3.38. The van der Waals surface area contributed by atoms with Gasteiger partial charge in [-0.2, -0.15) is 0 Å². The predicted molar refractivity (Wildman–Crippen MR) is 113 cm³/mol. The second-order valence-corrected chi connectivity index (χ2v) is 8.88. The summed E-state index contributed by atoms with van der Waals surface area (Å²) >= 11 is 6.04. The van der Waals surface area contributed by atoms with Gasteiger partial charge in [-0.3, -0.25) is 14.5 Å². The van der Waals surface area contributed by atoms with Gasteiger partial charge in [0.05, 0.1) is 11.6 Å². The molecule has 0 amide bonds. The summed E-state index contributed by atoms with van der Waals surface area (Å²) in [7, 11) is -4.19. The second-order valence-electron chi connectivity index (χ2n) is 6.77. The average molecular weight is 449 g/mol. The Labute approximate surface area is 178 Å². The molecule has 3 rings (SSSR count). The van der Waals surface area contributed by atoms with Crippen molar-refractivity contribution >= 4 is 33.3 Å². The number of benzene rings is 2. The maximum atomic E-state index is 15.4. The van der Waals surface area contributed by atoms with Crippen molar-refractivity contribution in [3.8, 4) is 11.1 Å². The van der Waals surface area contributed by atoms with Gasteiger partial charge in [-0.05, 0) is 43.2 Å². The highest BCUT2D eigenvalue weighted by Gasteiger charge is 2.26. The molecule has 0 aliphatic heterocycles. The first kappa shape index (κ1) is 21.7. The highest BCUT2D eigenvalue weighted by molar-refractivity contribution is 7.92. The maximum Gasteiger partial charge on any atom is 0.310 e. The number of hydrogen-bond acceptors (Lipinski definition) is 4. The lowest BCUT2D eigenvalue weighted by molar-refractivity contribution is -0.138. The van der Waals surface area contributed by atoms with Crippen molar-refractivity contribution in [2.24, 2.45) is 0 Å². The van der Waals surface area contributed by atoms with Gasteiger partial charge < -0.3 is 5.11 Å². The fraction of sp³-hybridized carbons (Fsp3) is 0.143. The molecule has 1 heterocycles. The van der Waals surface area contributed by atoms with Gasteiger partial charge in [0.15, 0.2) is 5.82 Å². The molecule has 156 valence electrons. The highest BCUT2D eigenvalue weighted by atomic mass is 35.5. The van der Waals surface area contributed by atoms with E-state index < -0.39 is 27.7 Å². The van der Waals surface area contributed by atoms with Crippen LogP contribution >= 0.6 is 11.6 Å². The van der Waals surface area contributed by atoms with E-state index in [9.17, 15) is 18.3 Å². The molecule has 0 saturated heterocycles. The minimum atomic E-state index is -4.19. The van der Waals surface area contributed by atoms with E-state index >= 15 is 4.39 Å². The molecule has 6 nitrogen and oxygen atoms in total. The summed E-state index contributed by atoms with van der Waals surface area (Å²) in [6, 6.07) is 10.7. The van der Waals surface area contributed by atoms with Gasteiger partial charge in [0.1, 0.15) is 4.90 Å². The van der Waals surface area contributed by atoms with Crippen molar-refractivity contribution in [3.63, 3.8) is 0 Å². The Bertz CT molecular complexity index is 1230. The summed E-state index contributed by atoms with van der Waals surface area (Å²) in [5, 5.41) is 9.67. The first-order chi connectivity index (χ1) is 14.1. The Morgan fingerprint density at radius 2 is 1.93 bits per heavy atom. The molecule has 0 saturated carbocycles. The Kier molecular flexibility index (Phi) is 6.09. The van der Waals surface area contributed by atoms with Crippen LogP contribution < -0.4 is 4.72 Å².